The van der Waals surface area contributed by atoms with E-state index in [2.05, 4.69) is 25.8 Å². The number of fused-ring (bicyclic) bond motifs is 1. The first kappa shape index (κ1) is 19.8. The number of carbonyl (C=O) groups is 1. The summed E-state index contributed by atoms with van der Waals surface area (Å²) >= 11 is 0. The van der Waals surface area contributed by atoms with Crippen LogP contribution in [0.1, 0.15) is 55.5 Å². The highest BCUT2D eigenvalue weighted by Crippen LogP contribution is 2.41. The van der Waals surface area contributed by atoms with Crippen molar-refractivity contribution in [3.8, 4) is 0 Å². The van der Waals surface area contributed by atoms with Gasteiger partial charge in [0, 0.05) is 35.7 Å². The van der Waals surface area contributed by atoms with E-state index in [1.807, 2.05) is 28.8 Å². The molecule has 4 heterocycles. The highest BCUT2D eigenvalue weighted by atomic mass is 19.1. The fourth-order valence-electron chi connectivity index (χ4n) is 4.59. The molecule has 0 saturated heterocycles. The summed E-state index contributed by atoms with van der Waals surface area (Å²) in [6, 6.07) is 8.60. The van der Waals surface area contributed by atoms with E-state index in [0.29, 0.717) is 29.2 Å². The molecule has 2 aliphatic carbocycles. The van der Waals surface area contributed by atoms with Crippen LogP contribution >= 0.6 is 0 Å². The van der Waals surface area contributed by atoms with E-state index in [0.717, 1.165) is 30.6 Å². The molecule has 2 fully saturated rings. The lowest BCUT2D eigenvalue weighted by Gasteiger charge is -2.19. The molecule has 10 heteroatoms. The van der Waals surface area contributed by atoms with Gasteiger partial charge in [-0.25, -0.2) is 9.97 Å². The van der Waals surface area contributed by atoms with E-state index >= 15 is 0 Å². The number of H-pyrrole nitrogens is 1. The van der Waals surface area contributed by atoms with Gasteiger partial charge in [0.1, 0.15) is 11.5 Å². The number of amides is 1. The Labute approximate surface area is 188 Å². The van der Waals surface area contributed by atoms with Crippen LogP contribution < -0.4 is 10.6 Å². The van der Waals surface area contributed by atoms with Gasteiger partial charge in [0.25, 0.3) is 0 Å². The summed E-state index contributed by atoms with van der Waals surface area (Å²) in [7, 11) is 0. The summed E-state index contributed by atoms with van der Waals surface area (Å²) < 4.78 is 15.0. The number of carbonyl (C=O) groups excluding carboxylic acids is 1. The van der Waals surface area contributed by atoms with Gasteiger partial charge in [-0.05, 0) is 49.9 Å². The van der Waals surface area contributed by atoms with Crippen LogP contribution in [0.4, 0.5) is 21.8 Å². The molecule has 0 aromatic carbocycles. The fourth-order valence-corrected chi connectivity index (χ4v) is 4.59. The van der Waals surface area contributed by atoms with Gasteiger partial charge in [-0.3, -0.25) is 14.3 Å². The van der Waals surface area contributed by atoms with Crippen LogP contribution in [-0.4, -0.2) is 35.5 Å². The third kappa shape index (κ3) is 3.92. The number of rotatable bonds is 6. The van der Waals surface area contributed by atoms with Crippen molar-refractivity contribution in [2.24, 2.45) is 5.92 Å². The third-order valence-corrected chi connectivity index (χ3v) is 6.44. The molecule has 168 valence electrons. The second-order valence-electron chi connectivity index (χ2n) is 8.75. The molecular weight excluding hydrogens is 423 g/mol. The van der Waals surface area contributed by atoms with Crippen LogP contribution in [0.15, 0.2) is 42.7 Å². The average Bonchev–Trinajstić information content (AvgIpc) is 3.20. The Morgan fingerprint density at radius 1 is 1.15 bits per heavy atom. The van der Waals surface area contributed by atoms with Crippen molar-refractivity contribution in [1.82, 2.24) is 29.5 Å². The molecule has 2 atom stereocenters. The molecule has 9 nitrogen and oxygen atoms in total. The molecule has 2 saturated carbocycles. The summed E-state index contributed by atoms with van der Waals surface area (Å²) in [5.74, 6) is 1.45. The maximum atomic E-state index is 13.1. The predicted molar refractivity (Wildman–Crippen MR) is 120 cm³/mol. The Hall–Kier alpha value is -3.82. The van der Waals surface area contributed by atoms with Crippen LogP contribution in [0.3, 0.4) is 0 Å². The molecule has 4 aromatic rings. The van der Waals surface area contributed by atoms with Gasteiger partial charge < -0.3 is 10.6 Å². The zero-order valence-corrected chi connectivity index (χ0v) is 17.8. The standard InChI is InChI=1S/C23H23FN8O/c24-18-9-8-14(12-25-18)26-22(33)16-4-1-3-15(16)21-28-20-5-2-10-32(20)23(29-21)27-19-11-17(30-31-19)13-6-7-13/h2,5,8-13,15-16H,1,3-4,6-7H2,(H,26,33)(H2,27,28,29,30,31). The van der Waals surface area contributed by atoms with Gasteiger partial charge in [-0.1, -0.05) is 6.42 Å². The molecule has 2 aliphatic rings. The zero-order valence-electron chi connectivity index (χ0n) is 17.8. The van der Waals surface area contributed by atoms with Crippen molar-refractivity contribution in [3.05, 3.63) is 60.2 Å². The van der Waals surface area contributed by atoms with Gasteiger partial charge in [0.05, 0.1) is 11.9 Å². The molecule has 3 N–H and O–H groups in total. The Bertz CT molecular complexity index is 1310. The number of aromatic amines is 1. The predicted octanol–water partition coefficient (Wildman–Crippen LogP) is 4.13. The van der Waals surface area contributed by atoms with Gasteiger partial charge in [0.2, 0.25) is 17.8 Å². The second kappa shape index (κ2) is 7.95. The van der Waals surface area contributed by atoms with Crippen molar-refractivity contribution < 1.29 is 9.18 Å². The summed E-state index contributed by atoms with van der Waals surface area (Å²) in [6.45, 7) is 0. The SMILES string of the molecule is O=C(Nc1ccc(F)nc1)C1CCCC1c1nc(Nc2cc(C3CC3)[nH]n2)n2cccc2n1. The largest absolute Gasteiger partial charge is 0.324 e. The number of halogens is 1. The lowest BCUT2D eigenvalue weighted by Crippen LogP contribution is -2.26. The molecule has 6 rings (SSSR count). The van der Waals surface area contributed by atoms with Gasteiger partial charge in [-0.2, -0.15) is 14.5 Å². The lowest BCUT2D eigenvalue weighted by molar-refractivity contribution is -0.120. The molecular formula is C23H23FN8O. The lowest BCUT2D eigenvalue weighted by atomic mass is 9.94. The summed E-state index contributed by atoms with van der Waals surface area (Å²) in [5, 5.41) is 13.7. The number of hydrogen-bond donors (Lipinski definition) is 3. The number of nitrogens with one attached hydrogen (secondary N) is 3. The highest BCUT2D eigenvalue weighted by Gasteiger charge is 2.36. The van der Waals surface area contributed by atoms with E-state index in [1.54, 1.807) is 0 Å². The monoisotopic (exact) mass is 446 g/mol. The van der Waals surface area contributed by atoms with Gasteiger partial charge in [-0.15, -0.1) is 0 Å². The Balaban J connectivity index is 1.27. The molecule has 0 aliphatic heterocycles. The number of anilines is 3. The summed E-state index contributed by atoms with van der Waals surface area (Å²) in [5.41, 5.74) is 2.37. The molecule has 2 unspecified atom stereocenters. The van der Waals surface area contributed by atoms with Crippen molar-refractivity contribution >= 4 is 29.0 Å². The Kier molecular flexibility index (Phi) is 4.78. The number of nitrogens with zero attached hydrogens (tertiary/aromatic N) is 5. The third-order valence-electron chi connectivity index (χ3n) is 6.44. The molecule has 4 aromatic heterocycles. The van der Waals surface area contributed by atoms with E-state index in [1.165, 1.54) is 31.2 Å². The molecule has 33 heavy (non-hydrogen) atoms. The highest BCUT2D eigenvalue weighted by molar-refractivity contribution is 5.93. The van der Waals surface area contributed by atoms with Crippen LogP contribution in [0.25, 0.3) is 5.65 Å². The maximum Gasteiger partial charge on any atom is 0.228 e. The molecule has 0 radical (unpaired) electrons. The molecule has 0 bridgehead atoms. The average molecular weight is 446 g/mol. The van der Waals surface area contributed by atoms with Crippen molar-refractivity contribution in [1.29, 1.82) is 0 Å². The minimum atomic E-state index is -0.582. The topological polar surface area (TPSA) is 113 Å². The fraction of sp³-hybridized carbons (Fsp3) is 0.348. The van der Waals surface area contributed by atoms with E-state index in [-0.39, 0.29) is 17.7 Å². The first-order chi connectivity index (χ1) is 16.1. The number of hydrogen-bond acceptors (Lipinski definition) is 6. The zero-order chi connectivity index (χ0) is 22.4. The van der Waals surface area contributed by atoms with Crippen molar-refractivity contribution in [3.63, 3.8) is 0 Å². The first-order valence-corrected chi connectivity index (χ1v) is 11.2. The van der Waals surface area contributed by atoms with Crippen molar-refractivity contribution in [2.75, 3.05) is 10.6 Å². The number of aromatic nitrogens is 6. The molecule has 0 spiro atoms. The smallest absolute Gasteiger partial charge is 0.228 e. The first-order valence-electron chi connectivity index (χ1n) is 11.2. The Morgan fingerprint density at radius 2 is 2.06 bits per heavy atom. The van der Waals surface area contributed by atoms with Crippen molar-refractivity contribution in [2.45, 2.75) is 43.9 Å². The van der Waals surface area contributed by atoms with Crippen LogP contribution in [0, 0.1) is 11.9 Å². The van der Waals surface area contributed by atoms with E-state index in [9.17, 15) is 9.18 Å². The summed E-state index contributed by atoms with van der Waals surface area (Å²) in [4.78, 5) is 26.2. The van der Waals surface area contributed by atoms with E-state index < -0.39 is 5.95 Å². The van der Waals surface area contributed by atoms with Gasteiger partial charge in [0.15, 0.2) is 5.82 Å². The van der Waals surface area contributed by atoms with Gasteiger partial charge >= 0.3 is 0 Å². The summed E-state index contributed by atoms with van der Waals surface area (Å²) in [6.07, 6.45) is 8.09. The quantitative estimate of drug-likeness (QED) is 0.384. The normalized spacial score (nSPS) is 20.3. The molecule has 1 amide bonds. The van der Waals surface area contributed by atoms with Crippen LogP contribution in [0.5, 0.6) is 0 Å². The van der Waals surface area contributed by atoms with Crippen LogP contribution in [0.2, 0.25) is 0 Å². The second-order valence-corrected chi connectivity index (χ2v) is 8.75. The van der Waals surface area contributed by atoms with Crippen LogP contribution in [-0.2, 0) is 4.79 Å². The maximum absolute atomic E-state index is 13.1. The van der Waals surface area contributed by atoms with E-state index in [4.69, 9.17) is 9.97 Å². The number of pyridine rings is 1. The Morgan fingerprint density at radius 3 is 2.88 bits per heavy atom. The minimum absolute atomic E-state index is 0.111. The minimum Gasteiger partial charge on any atom is -0.324 e.